The van der Waals surface area contributed by atoms with E-state index in [0.717, 1.165) is 57.8 Å². The average Bonchev–Trinajstić information content (AvgIpc) is 3.39. The molecule has 13 heteroatoms. The summed E-state index contributed by atoms with van der Waals surface area (Å²) in [7, 11) is -5.09. The standard InChI is InChI=1S/C62H117NO11S/c1-3-5-7-9-11-13-15-17-19-21-23-25-27-28-30-31-33-35-37-39-41-43-45-47-49-51-56(65)55(54-72-62-60(68)61(74-75(69,70)71)59(67)57(53-64)73-62)63-58(66)52-50-48-46-44-42-40-38-36-34-32-29-26-24-22-20-18-16-14-12-10-8-6-4-2/h24,26,32,34,49,51,55-57,59-62,64-65,67-68H,3-23,25,27-31,33,35-48,50,52-54H2,1-2H3,(H,63,66)(H,69,70,71)/b26-24-,34-32-,51-49+. The molecule has 1 rings (SSSR count). The molecular weight excluding hydrogens is 967 g/mol. The van der Waals surface area contributed by atoms with Crippen LogP contribution in [0.4, 0.5) is 0 Å². The summed E-state index contributed by atoms with van der Waals surface area (Å²) in [6, 6.07) is -0.950. The van der Waals surface area contributed by atoms with E-state index >= 15 is 0 Å². The van der Waals surface area contributed by atoms with Gasteiger partial charge >= 0.3 is 10.4 Å². The predicted molar refractivity (Wildman–Crippen MR) is 310 cm³/mol. The largest absolute Gasteiger partial charge is 0.397 e. The van der Waals surface area contributed by atoms with E-state index in [0.29, 0.717) is 6.42 Å². The minimum Gasteiger partial charge on any atom is -0.394 e. The van der Waals surface area contributed by atoms with Crippen LogP contribution < -0.4 is 5.32 Å². The molecule has 1 saturated heterocycles. The highest BCUT2D eigenvalue weighted by atomic mass is 32.3. The Morgan fingerprint density at radius 2 is 0.893 bits per heavy atom. The molecule has 1 aliphatic heterocycles. The van der Waals surface area contributed by atoms with Gasteiger partial charge in [-0.25, -0.2) is 4.18 Å². The number of carbonyl (C=O) groups excluding carboxylic acids is 1. The third kappa shape index (κ3) is 43.8. The Balaban J connectivity index is 2.35. The van der Waals surface area contributed by atoms with Gasteiger partial charge in [-0.1, -0.05) is 275 Å². The van der Waals surface area contributed by atoms with Gasteiger partial charge < -0.3 is 35.2 Å². The molecule has 1 heterocycles. The third-order valence-corrected chi connectivity index (χ3v) is 15.4. The zero-order valence-corrected chi connectivity index (χ0v) is 48.9. The molecule has 442 valence electrons. The fourth-order valence-electron chi connectivity index (χ4n) is 10.1. The zero-order chi connectivity index (χ0) is 54.7. The van der Waals surface area contributed by atoms with Crippen LogP contribution in [0, 0.1) is 0 Å². The summed E-state index contributed by atoms with van der Waals surface area (Å²) in [5, 5.41) is 45.1. The Kier molecular flexibility index (Phi) is 49.2. The molecule has 12 nitrogen and oxygen atoms in total. The number of amides is 1. The molecule has 0 bridgehead atoms. The van der Waals surface area contributed by atoms with Crippen molar-refractivity contribution in [3.8, 4) is 0 Å². The Hall–Kier alpha value is -1.68. The van der Waals surface area contributed by atoms with Gasteiger partial charge in [-0.05, 0) is 51.4 Å². The predicted octanol–water partition coefficient (Wildman–Crippen LogP) is 15.3. The highest BCUT2D eigenvalue weighted by Gasteiger charge is 2.48. The smallest absolute Gasteiger partial charge is 0.394 e. The molecule has 0 aromatic rings. The van der Waals surface area contributed by atoms with E-state index in [1.54, 1.807) is 6.08 Å². The van der Waals surface area contributed by atoms with Gasteiger partial charge in [0.25, 0.3) is 0 Å². The van der Waals surface area contributed by atoms with Crippen LogP contribution in [0.15, 0.2) is 36.5 Å². The normalized spacial score (nSPS) is 19.3. The Bertz CT molecular complexity index is 1460. The SMILES string of the molecule is CCCCCCCCCCC/C=C\C/C=C\CCCCCCCCCC(=O)NC(COC1OC(CO)C(O)C(OS(=O)(=O)O)C1O)C(O)/C=C/CCCCCCCCCCCCCCCCCCCCCCCCC. The number of hydrogen-bond acceptors (Lipinski definition) is 10. The van der Waals surface area contributed by atoms with Gasteiger partial charge in [0, 0.05) is 6.42 Å². The van der Waals surface area contributed by atoms with Crippen molar-refractivity contribution >= 4 is 16.3 Å². The van der Waals surface area contributed by atoms with E-state index in [2.05, 4.69) is 47.7 Å². The lowest BCUT2D eigenvalue weighted by Gasteiger charge is -2.41. The minimum absolute atomic E-state index is 0.260. The first-order chi connectivity index (χ1) is 36.5. The fourth-order valence-corrected chi connectivity index (χ4v) is 10.6. The van der Waals surface area contributed by atoms with E-state index in [-0.39, 0.29) is 18.9 Å². The molecule has 0 spiro atoms. The number of unbranched alkanes of at least 4 members (excludes halogenated alkanes) is 39. The number of carbonyl (C=O) groups is 1. The summed E-state index contributed by atoms with van der Waals surface area (Å²) in [5.41, 5.74) is 0. The van der Waals surface area contributed by atoms with Gasteiger partial charge in [0.2, 0.25) is 5.91 Å². The summed E-state index contributed by atoms with van der Waals surface area (Å²) < 4.78 is 47.9. The molecule has 0 saturated carbocycles. The van der Waals surface area contributed by atoms with Crippen LogP contribution in [0.5, 0.6) is 0 Å². The van der Waals surface area contributed by atoms with Crippen LogP contribution in [-0.4, -0.2) is 95.4 Å². The number of hydrogen-bond donors (Lipinski definition) is 6. The maximum Gasteiger partial charge on any atom is 0.397 e. The molecule has 7 atom stereocenters. The maximum atomic E-state index is 13.2. The lowest BCUT2D eigenvalue weighted by molar-refractivity contribution is -0.298. The molecule has 0 aromatic heterocycles. The molecule has 1 amide bonds. The van der Waals surface area contributed by atoms with Crippen LogP contribution in [0.25, 0.3) is 0 Å². The number of aliphatic hydroxyl groups excluding tert-OH is 4. The monoisotopic (exact) mass is 1080 g/mol. The molecule has 7 unspecified atom stereocenters. The fraction of sp³-hybridized carbons (Fsp3) is 0.887. The number of nitrogens with one attached hydrogen (secondary N) is 1. The highest BCUT2D eigenvalue weighted by molar-refractivity contribution is 7.80. The third-order valence-electron chi connectivity index (χ3n) is 14.9. The Morgan fingerprint density at radius 3 is 1.27 bits per heavy atom. The van der Waals surface area contributed by atoms with E-state index in [1.165, 1.54) is 212 Å². The van der Waals surface area contributed by atoms with E-state index < -0.39 is 59.9 Å². The van der Waals surface area contributed by atoms with Crippen molar-refractivity contribution < 1.29 is 51.8 Å². The molecular formula is C62H117NO11S. The molecule has 1 aliphatic rings. The van der Waals surface area contributed by atoms with Crippen molar-refractivity contribution in [2.75, 3.05) is 13.2 Å². The van der Waals surface area contributed by atoms with Gasteiger partial charge in [-0.2, -0.15) is 8.42 Å². The molecule has 0 aromatic carbocycles. The first-order valence-corrected chi connectivity index (χ1v) is 32.7. The van der Waals surface area contributed by atoms with Crippen LogP contribution in [0.3, 0.4) is 0 Å². The second-order valence-corrected chi connectivity index (χ2v) is 23.0. The second-order valence-electron chi connectivity index (χ2n) is 22.0. The number of aliphatic hydroxyl groups is 4. The Labute approximate surface area is 460 Å². The second kappa shape index (κ2) is 51.7. The van der Waals surface area contributed by atoms with Crippen molar-refractivity contribution in [2.24, 2.45) is 0 Å². The maximum absolute atomic E-state index is 13.2. The summed E-state index contributed by atoms with van der Waals surface area (Å²) >= 11 is 0. The number of rotatable bonds is 55. The van der Waals surface area contributed by atoms with Crippen molar-refractivity contribution in [2.45, 2.75) is 339 Å². The average molecular weight is 1080 g/mol. The minimum atomic E-state index is -5.09. The Morgan fingerprint density at radius 1 is 0.533 bits per heavy atom. The molecule has 1 fully saturated rings. The van der Waals surface area contributed by atoms with Crippen LogP contribution >= 0.6 is 0 Å². The van der Waals surface area contributed by atoms with E-state index in [4.69, 9.17) is 9.47 Å². The lowest BCUT2D eigenvalue weighted by Crippen LogP contribution is -2.61. The zero-order valence-electron chi connectivity index (χ0n) is 48.1. The quantitative estimate of drug-likeness (QED) is 0.0193. The van der Waals surface area contributed by atoms with Crippen LogP contribution in [0.1, 0.15) is 296 Å². The highest BCUT2D eigenvalue weighted by Crippen LogP contribution is 2.26. The summed E-state index contributed by atoms with van der Waals surface area (Å²) in [6.45, 7) is 3.43. The lowest BCUT2D eigenvalue weighted by atomic mass is 9.99. The molecule has 0 aliphatic carbocycles. The van der Waals surface area contributed by atoms with Gasteiger partial charge in [-0.15, -0.1) is 0 Å². The summed E-state index contributed by atoms with van der Waals surface area (Å²) in [4.78, 5) is 13.2. The van der Waals surface area contributed by atoms with Crippen LogP contribution in [0.2, 0.25) is 0 Å². The summed E-state index contributed by atoms with van der Waals surface area (Å²) in [6.07, 6.45) is 57.6. The molecule has 0 radical (unpaired) electrons. The van der Waals surface area contributed by atoms with Crippen molar-refractivity contribution in [3.05, 3.63) is 36.5 Å². The van der Waals surface area contributed by atoms with Crippen molar-refractivity contribution in [3.63, 3.8) is 0 Å². The van der Waals surface area contributed by atoms with Crippen LogP contribution in [-0.2, 0) is 28.9 Å². The van der Waals surface area contributed by atoms with Gasteiger partial charge in [0.05, 0.1) is 25.4 Å². The van der Waals surface area contributed by atoms with Gasteiger partial charge in [0.15, 0.2) is 6.29 Å². The van der Waals surface area contributed by atoms with Crippen molar-refractivity contribution in [1.29, 1.82) is 0 Å². The van der Waals surface area contributed by atoms with Gasteiger partial charge in [0.1, 0.15) is 24.4 Å². The number of allylic oxidation sites excluding steroid dienone is 5. The van der Waals surface area contributed by atoms with E-state index in [9.17, 15) is 38.2 Å². The topological polar surface area (TPSA) is 192 Å². The molecule has 6 N–H and O–H groups in total. The molecule has 75 heavy (non-hydrogen) atoms. The van der Waals surface area contributed by atoms with Crippen molar-refractivity contribution in [1.82, 2.24) is 5.32 Å². The van der Waals surface area contributed by atoms with E-state index in [1.807, 2.05) is 6.08 Å². The first kappa shape index (κ1) is 71.3. The first-order valence-electron chi connectivity index (χ1n) is 31.4. The summed E-state index contributed by atoms with van der Waals surface area (Å²) in [5.74, 6) is -0.266. The van der Waals surface area contributed by atoms with Gasteiger partial charge in [-0.3, -0.25) is 9.35 Å². The number of ether oxygens (including phenoxy) is 2.